The molecule has 116 valence electrons. The number of rotatable bonds is 7. The third-order valence-electron chi connectivity index (χ3n) is 2.96. The van der Waals surface area contributed by atoms with Gasteiger partial charge in [0.25, 0.3) is 0 Å². The first-order valence-corrected chi connectivity index (χ1v) is 8.72. The molecule has 0 radical (unpaired) electrons. The summed E-state index contributed by atoms with van der Waals surface area (Å²) in [5.41, 5.74) is 2.14. The third kappa shape index (κ3) is 6.45. The molecule has 0 unspecified atom stereocenters. The van der Waals surface area contributed by atoms with Gasteiger partial charge >= 0.3 is 0 Å². The average Bonchev–Trinajstić information content (AvgIpc) is 2.54. The minimum Gasteiger partial charge on any atom is -0.362 e. The fourth-order valence-electron chi connectivity index (χ4n) is 1.85. The van der Waals surface area contributed by atoms with Crippen LogP contribution in [-0.4, -0.2) is 17.4 Å². The molecule has 2 aromatic rings. The highest BCUT2D eigenvalue weighted by Crippen LogP contribution is 2.12. The van der Waals surface area contributed by atoms with Crippen LogP contribution >= 0.6 is 24.0 Å². The Morgan fingerprint density at radius 1 is 1.05 bits per heavy atom. The Balaban J connectivity index is 1.54. The minimum atomic E-state index is -0.250. The zero-order valence-electron chi connectivity index (χ0n) is 12.2. The Kier molecular flexibility index (Phi) is 7.19. The van der Waals surface area contributed by atoms with E-state index in [0.717, 1.165) is 30.2 Å². The van der Waals surface area contributed by atoms with E-state index in [2.05, 4.69) is 34.9 Å². The molecule has 2 aromatic carbocycles. The van der Waals surface area contributed by atoms with Crippen LogP contribution < -0.4 is 10.6 Å². The van der Waals surface area contributed by atoms with E-state index < -0.39 is 0 Å². The Hall–Kier alpha value is -1.59. The maximum Gasteiger partial charge on any atom is 0.170 e. The molecular weight excluding hydrogens is 315 g/mol. The van der Waals surface area contributed by atoms with E-state index in [9.17, 15) is 4.39 Å². The van der Waals surface area contributed by atoms with Crippen molar-refractivity contribution in [3.8, 4) is 0 Å². The Morgan fingerprint density at radius 3 is 2.50 bits per heavy atom. The lowest BCUT2D eigenvalue weighted by Gasteiger charge is -2.10. The lowest BCUT2D eigenvalue weighted by molar-refractivity contribution is 0.628. The van der Waals surface area contributed by atoms with Gasteiger partial charge in [0.15, 0.2) is 5.11 Å². The van der Waals surface area contributed by atoms with Gasteiger partial charge in [0, 0.05) is 18.0 Å². The van der Waals surface area contributed by atoms with E-state index in [0.29, 0.717) is 5.11 Å². The van der Waals surface area contributed by atoms with E-state index in [1.807, 2.05) is 17.8 Å². The molecule has 5 heteroatoms. The first-order chi connectivity index (χ1) is 10.7. The predicted molar refractivity (Wildman–Crippen MR) is 97.8 cm³/mol. The van der Waals surface area contributed by atoms with Crippen molar-refractivity contribution >= 4 is 34.8 Å². The first kappa shape index (κ1) is 16.8. The van der Waals surface area contributed by atoms with Crippen molar-refractivity contribution in [1.29, 1.82) is 0 Å². The summed E-state index contributed by atoms with van der Waals surface area (Å²) < 4.78 is 12.8. The van der Waals surface area contributed by atoms with E-state index >= 15 is 0 Å². The lowest BCUT2D eigenvalue weighted by atomic mass is 10.2. The number of anilines is 1. The topological polar surface area (TPSA) is 24.1 Å². The molecule has 22 heavy (non-hydrogen) atoms. The summed E-state index contributed by atoms with van der Waals surface area (Å²) in [5, 5.41) is 6.76. The molecule has 0 atom stereocenters. The summed E-state index contributed by atoms with van der Waals surface area (Å²) in [6, 6.07) is 16.6. The smallest absolute Gasteiger partial charge is 0.170 e. The second-order valence-corrected chi connectivity index (χ2v) is 6.29. The van der Waals surface area contributed by atoms with Gasteiger partial charge in [-0.1, -0.05) is 30.3 Å². The van der Waals surface area contributed by atoms with Gasteiger partial charge in [-0.2, -0.15) is 11.8 Å². The molecule has 0 aromatic heterocycles. The van der Waals surface area contributed by atoms with Crippen LogP contribution in [0.3, 0.4) is 0 Å². The highest BCUT2D eigenvalue weighted by atomic mass is 32.2. The zero-order valence-corrected chi connectivity index (χ0v) is 13.9. The molecule has 2 rings (SSSR count). The predicted octanol–water partition coefficient (Wildman–Crippen LogP) is 4.44. The van der Waals surface area contributed by atoms with Gasteiger partial charge in [0.05, 0.1) is 0 Å². The van der Waals surface area contributed by atoms with Crippen molar-refractivity contribution in [3.05, 3.63) is 66.0 Å². The summed E-state index contributed by atoms with van der Waals surface area (Å²) in [4.78, 5) is 0. The molecule has 2 N–H and O–H groups in total. The van der Waals surface area contributed by atoms with E-state index in [-0.39, 0.29) is 5.82 Å². The first-order valence-electron chi connectivity index (χ1n) is 7.16. The van der Waals surface area contributed by atoms with Crippen LogP contribution in [0.15, 0.2) is 54.6 Å². The minimum absolute atomic E-state index is 0.250. The van der Waals surface area contributed by atoms with Gasteiger partial charge in [-0.25, -0.2) is 4.39 Å². The van der Waals surface area contributed by atoms with E-state index in [1.165, 1.54) is 17.7 Å². The van der Waals surface area contributed by atoms with Crippen molar-refractivity contribution < 1.29 is 4.39 Å². The van der Waals surface area contributed by atoms with Crippen LogP contribution in [0.4, 0.5) is 10.1 Å². The molecule has 0 bridgehead atoms. The Bertz CT molecular complexity index is 573. The van der Waals surface area contributed by atoms with Crippen molar-refractivity contribution in [2.45, 2.75) is 12.2 Å². The summed E-state index contributed by atoms with van der Waals surface area (Å²) in [7, 11) is 0. The molecule has 0 spiro atoms. The van der Waals surface area contributed by atoms with Crippen LogP contribution in [0.1, 0.15) is 12.0 Å². The molecule has 0 aliphatic rings. The molecule has 0 amide bonds. The second kappa shape index (κ2) is 9.43. The number of thioether (sulfide) groups is 1. The van der Waals surface area contributed by atoms with Crippen LogP contribution in [0.2, 0.25) is 0 Å². The van der Waals surface area contributed by atoms with Gasteiger partial charge in [-0.3, -0.25) is 0 Å². The zero-order chi connectivity index (χ0) is 15.6. The summed E-state index contributed by atoms with van der Waals surface area (Å²) >= 11 is 7.12. The monoisotopic (exact) mass is 334 g/mol. The van der Waals surface area contributed by atoms with Gasteiger partial charge in [-0.15, -0.1) is 0 Å². The highest BCUT2D eigenvalue weighted by molar-refractivity contribution is 7.98. The fourth-order valence-corrected chi connectivity index (χ4v) is 2.99. The molecule has 0 aliphatic carbocycles. The van der Waals surface area contributed by atoms with Gasteiger partial charge in [0.1, 0.15) is 5.82 Å². The molecule has 0 saturated heterocycles. The maximum atomic E-state index is 12.8. The SMILES string of the molecule is Fc1ccc(NC(=S)NCCCSCc2ccccc2)cc1. The Morgan fingerprint density at radius 2 is 1.77 bits per heavy atom. The molecular formula is C17H19FN2S2. The van der Waals surface area contributed by atoms with Crippen LogP contribution in [0, 0.1) is 5.82 Å². The number of benzene rings is 2. The van der Waals surface area contributed by atoms with Crippen LogP contribution in [0.5, 0.6) is 0 Å². The highest BCUT2D eigenvalue weighted by Gasteiger charge is 1.98. The van der Waals surface area contributed by atoms with Crippen molar-refractivity contribution in [2.24, 2.45) is 0 Å². The van der Waals surface area contributed by atoms with Crippen molar-refractivity contribution in [3.63, 3.8) is 0 Å². The van der Waals surface area contributed by atoms with E-state index in [1.54, 1.807) is 12.1 Å². The second-order valence-electron chi connectivity index (χ2n) is 4.78. The largest absolute Gasteiger partial charge is 0.362 e. The van der Waals surface area contributed by atoms with Gasteiger partial charge in [-0.05, 0) is 54.2 Å². The average molecular weight is 334 g/mol. The number of halogens is 1. The van der Waals surface area contributed by atoms with Crippen molar-refractivity contribution in [2.75, 3.05) is 17.6 Å². The maximum absolute atomic E-state index is 12.8. The summed E-state index contributed by atoms with van der Waals surface area (Å²) in [6.45, 7) is 0.828. The molecule has 0 fully saturated rings. The van der Waals surface area contributed by atoms with Crippen LogP contribution in [-0.2, 0) is 5.75 Å². The van der Waals surface area contributed by atoms with E-state index in [4.69, 9.17) is 12.2 Å². The molecule has 2 nitrogen and oxygen atoms in total. The fraction of sp³-hybridized carbons (Fsp3) is 0.235. The van der Waals surface area contributed by atoms with Crippen LogP contribution in [0.25, 0.3) is 0 Å². The molecule has 0 saturated carbocycles. The third-order valence-corrected chi connectivity index (χ3v) is 4.33. The van der Waals surface area contributed by atoms with Gasteiger partial charge in [0.2, 0.25) is 0 Å². The number of hydrogen-bond donors (Lipinski definition) is 2. The number of hydrogen-bond acceptors (Lipinski definition) is 2. The summed E-state index contributed by atoms with van der Waals surface area (Å²) in [5.74, 6) is 1.88. The standard InChI is InChI=1S/C17H19FN2S2/c18-15-7-9-16(10-8-15)20-17(21)19-11-4-12-22-13-14-5-2-1-3-6-14/h1-3,5-10H,4,11-13H2,(H2,19,20,21). The molecule has 0 aliphatic heterocycles. The number of nitrogens with one attached hydrogen (secondary N) is 2. The number of thiocarbonyl (C=S) groups is 1. The van der Waals surface area contributed by atoms with Gasteiger partial charge < -0.3 is 10.6 Å². The summed E-state index contributed by atoms with van der Waals surface area (Å²) in [6.07, 6.45) is 1.04. The lowest BCUT2D eigenvalue weighted by Crippen LogP contribution is -2.29. The normalized spacial score (nSPS) is 10.2. The Labute approximate surface area is 140 Å². The quantitative estimate of drug-likeness (QED) is 0.577. The van der Waals surface area contributed by atoms with Crippen molar-refractivity contribution in [1.82, 2.24) is 5.32 Å². The molecule has 0 heterocycles.